The van der Waals surface area contributed by atoms with Crippen molar-refractivity contribution >= 4 is 34.4 Å². The third-order valence-electron chi connectivity index (χ3n) is 2.84. The summed E-state index contributed by atoms with van der Waals surface area (Å²) in [4.78, 5) is 9.00. The first kappa shape index (κ1) is 12.8. The molecule has 0 bridgehead atoms. The molecule has 2 aromatic rings. The molecule has 0 aliphatic rings. The van der Waals surface area contributed by atoms with Crippen molar-refractivity contribution in [2.75, 3.05) is 0 Å². The van der Waals surface area contributed by atoms with Crippen molar-refractivity contribution in [1.29, 1.82) is 0 Å². The molecule has 0 fully saturated rings. The number of nitrogens with zero attached hydrogens (tertiary/aromatic N) is 2. The first-order valence-corrected chi connectivity index (χ1v) is 6.27. The number of rotatable bonds is 2. The minimum atomic E-state index is 0.751. The van der Waals surface area contributed by atoms with Crippen molar-refractivity contribution in [3.63, 3.8) is 0 Å². The van der Waals surface area contributed by atoms with Crippen LogP contribution in [0.2, 0.25) is 5.02 Å². The van der Waals surface area contributed by atoms with E-state index in [1.807, 2.05) is 51.1 Å². The zero-order valence-corrected chi connectivity index (χ0v) is 11.5. The molecule has 1 aromatic carbocycles. The second-order valence-corrected chi connectivity index (χ2v) is 4.36. The van der Waals surface area contributed by atoms with Crippen LogP contribution in [0.5, 0.6) is 0 Å². The molecule has 0 spiro atoms. The Morgan fingerprint density at radius 1 is 1.28 bits per heavy atom. The lowest BCUT2D eigenvalue weighted by Crippen LogP contribution is -1.95. The van der Waals surface area contributed by atoms with Gasteiger partial charge in [-0.05, 0) is 32.4 Å². The van der Waals surface area contributed by atoms with Crippen LogP contribution in [0.25, 0.3) is 16.6 Å². The number of hydrogen-bond acceptors (Lipinski definition) is 2. The van der Waals surface area contributed by atoms with Crippen LogP contribution in [-0.2, 0) is 0 Å². The molecule has 2 nitrogen and oxygen atoms in total. The van der Waals surface area contributed by atoms with Gasteiger partial charge in [-0.15, -0.1) is 0 Å². The highest BCUT2D eigenvalue weighted by Crippen LogP contribution is 2.30. The number of halogens is 1. The summed E-state index contributed by atoms with van der Waals surface area (Å²) in [5.41, 5.74) is 3.56. The smallest absolute Gasteiger partial charge is 0.0934 e. The van der Waals surface area contributed by atoms with E-state index in [1.165, 1.54) is 0 Å². The van der Waals surface area contributed by atoms with E-state index in [2.05, 4.69) is 9.98 Å². The van der Waals surface area contributed by atoms with Crippen molar-refractivity contribution in [1.82, 2.24) is 4.98 Å². The highest BCUT2D eigenvalue weighted by Gasteiger charge is 2.12. The summed E-state index contributed by atoms with van der Waals surface area (Å²) in [5.74, 6) is 0. The van der Waals surface area contributed by atoms with Gasteiger partial charge in [-0.3, -0.25) is 4.99 Å². The number of para-hydroxylation sites is 1. The standard InChI is InChI=1S/C15H15ClN2/c1-4-12(17-5-2)15-10(3)14(16)11-8-6-7-9-13(11)18-15/h4-9H,1-3H3. The quantitative estimate of drug-likeness (QED) is 0.720. The van der Waals surface area contributed by atoms with E-state index in [1.54, 1.807) is 6.21 Å². The fourth-order valence-corrected chi connectivity index (χ4v) is 2.18. The fraction of sp³-hybridized carbons (Fsp3) is 0.200. The summed E-state index contributed by atoms with van der Waals surface area (Å²) in [6.07, 6.45) is 3.71. The van der Waals surface area contributed by atoms with Gasteiger partial charge in [-0.2, -0.15) is 0 Å². The van der Waals surface area contributed by atoms with Crippen LogP contribution in [-0.4, -0.2) is 11.2 Å². The van der Waals surface area contributed by atoms with Gasteiger partial charge in [-0.1, -0.05) is 35.9 Å². The summed E-state index contributed by atoms with van der Waals surface area (Å²) in [5, 5.41) is 1.73. The number of pyridine rings is 1. The Morgan fingerprint density at radius 2 is 2.00 bits per heavy atom. The highest BCUT2D eigenvalue weighted by molar-refractivity contribution is 6.36. The maximum absolute atomic E-state index is 6.41. The van der Waals surface area contributed by atoms with Crippen LogP contribution in [0.3, 0.4) is 0 Å². The van der Waals surface area contributed by atoms with Crippen molar-refractivity contribution in [3.8, 4) is 0 Å². The molecule has 0 aliphatic heterocycles. The lowest BCUT2D eigenvalue weighted by atomic mass is 10.1. The average molecular weight is 259 g/mol. The van der Waals surface area contributed by atoms with Gasteiger partial charge in [-0.25, -0.2) is 4.98 Å². The number of allylic oxidation sites excluding steroid dienone is 1. The van der Waals surface area contributed by atoms with Crippen molar-refractivity contribution in [2.24, 2.45) is 4.99 Å². The summed E-state index contributed by atoms with van der Waals surface area (Å²) in [7, 11) is 0. The lowest BCUT2D eigenvalue weighted by Gasteiger charge is -2.10. The van der Waals surface area contributed by atoms with Crippen LogP contribution in [0.4, 0.5) is 0 Å². The van der Waals surface area contributed by atoms with Gasteiger partial charge in [0.15, 0.2) is 0 Å². The van der Waals surface area contributed by atoms with E-state index in [-0.39, 0.29) is 0 Å². The minimum Gasteiger partial charge on any atom is -0.260 e. The minimum absolute atomic E-state index is 0.751. The summed E-state index contributed by atoms with van der Waals surface area (Å²) in [6.45, 7) is 5.82. The molecule has 92 valence electrons. The SMILES string of the molecule is CC=NC(=CC)c1nc2ccccc2c(Cl)c1C. The predicted molar refractivity (Wildman–Crippen MR) is 79.3 cm³/mol. The average Bonchev–Trinajstić information content (AvgIpc) is 2.40. The molecule has 1 aromatic heterocycles. The van der Waals surface area contributed by atoms with E-state index in [4.69, 9.17) is 11.6 Å². The van der Waals surface area contributed by atoms with Gasteiger partial charge in [0.1, 0.15) is 0 Å². The Labute approximate surface area is 112 Å². The first-order chi connectivity index (χ1) is 8.69. The molecular formula is C15H15ClN2. The molecule has 0 saturated heterocycles. The first-order valence-electron chi connectivity index (χ1n) is 5.89. The Morgan fingerprint density at radius 3 is 2.67 bits per heavy atom. The monoisotopic (exact) mass is 258 g/mol. The molecule has 0 saturated carbocycles. The van der Waals surface area contributed by atoms with E-state index >= 15 is 0 Å². The van der Waals surface area contributed by atoms with Crippen molar-refractivity contribution < 1.29 is 0 Å². The van der Waals surface area contributed by atoms with Crippen LogP contribution in [0.1, 0.15) is 25.1 Å². The molecule has 0 unspecified atom stereocenters. The molecule has 0 aliphatic carbocycles. The second kappa shape index (κ2) is 5.32. The van der Waals surface area contributed by atoms with Crippen LogP contribution >= 0.6 is 11.6 Å². The van der Waals surface area contributed by atoms with Crippen LogP contribution < -0.4 is 0 Å². The normalized spacial score (nSPS) is 12.6. The van der Waals surface area contributed by atoms with Crippen molar-refractivity contribution in [2.45, 2.75) is 20.8 Å². The van der Waals surface area contributed by atoms with Gasteiger partial charge in [0.25, 0.3) is 0 Å². The summed E-state index contributed by atoms with van der Waals surface area (Å²) < 4.78 is 0. The molecule has 0 N–H and O–H groups in total. The Hall–Kier alpha value is -1.67. The number of aliphatic imine (C=N–C) groups is 1. The molecule has 3 heteroatoms. The third-order valence-corrected chi connectivity index (χ3v) is 3.33. The van der Waals surface area contributed by atoms with Gasteiger partial charge < -0.3 is 0 Å². The Kier molecular flexibility index (Phi) is 3.78. The predicted octanol–water partition coefficient (Wildman–Crippen LogP) is 4.65. The lowest BCUT2D eigenvalue weighted by molar-refractivity contribution is 1.25. The van der Waals surface area contributed by atoms with Crippen LogP contribution in [0, 0.1) is 6.92 Å². The van der Waals surface area contributed by atoms with E-state index < -0.39 is 0 Å². The molecule has 18 heavy (non-hydrogen) atoms. The van der Waals surface area contributed by atoms with E-state index in [0.717, 1.165) is 32.9 Å². The number of fused-ring (bicyclic) bond motifs is 1. The van der Waals surface area contributed by atoms with Gasteiger partial charge in [0.2, 0.25) is 0 Å². The maximum Gasteiger partial charge on any atom is 0.0934 e. The number of hydrogen-bond donors (Lipinski definition) is 0. The van der Waals surface area contributed by atoms with E-state index in [9.17, 15) is 0 Å². The largest absolute Gasteiger partial charge is 0.260 e. The molecule has 0 radical (unpaired) electrons. The van der Waals surface area contributed by atoms with Crippen LogP contribution in [0.15, 0.2) is 35.3 Å². The second-order valence-electron chi connectivity index (χ2n) is 3.98. The number of benzene rings is 1. The topological polar surface area (TPSA) is 25.2 Å². The van der Waals surface area contributed by atoms with Gasteiger partial charge >= 0.3 is 0 Å². The van der Waals surface area contributed by atoms with Crippen molar-refractivity contribution in [3.05, 3.63) is 46.6 Å². The zero-order chi connectivity index (χ0) is 13.1. The molecular weight excluding hydrogens is 244 g/mol. The van der Waals surface area contributed by atoms with Gasteiger partial charge in [0, 0.05) is 11.6 Å². The fourth-order valence-electron chi connectivity index (χ4n) is 1.93. The van der Waals surface area contributed by atoms with Gasteiger partial charge in [0.05, 0.1) is 21.9 Å². The summed E-state index contributed by atoms with van der Waals surface area (Å²) in [6, 6.07) is 7.88. The molecule has 0 atom stereocenters. The number of aromatic nitrogens is 1. The zero-order valence-electron chi connectivity index (χ0n) is 10.7. The third kappa shape index (κ3) is 2.16. The Balaban J connectivity index is 2.76. The Bertz CT molecular complexity index is 642. The molecule has 0 amide bonds. The molecule has 2 rings (SSSR count). The summed E-state index contributed by atoms with van der Waals surface area (Å²) >= 11 is 6.41. The highest BCUT2D eigenvalue weighted by atomic mass is 35.5. The molecule has 1 heterocycles. The van der Waals surface area contributed by atoms with E-state index in [0.29, 0.717) is 0 Å². The maximum atomic E-state index is 6.41.